The van der Waals surface area contributed by atoms with Crippen LogP contribution in [0.1, 0.15) is 5.69 Å². The van der Waals surface area contributed by atoms with Gasteiger partial charge in [-0.15, -0.1) is 0 Å². The molecule has 5 nitrogen and oxygen atoms in total. The molecule has 0 spiro atoms. The predicted molar refractivity (Wildman–Crippen MR) is 47.0 cm³/mol. The number of nitrogens with two attached hydrogens (primary N) is 1. The van der Waals surface area contributed by atoms with E-state index in [1.807, 2.05) is 12.3 Å². The molecule has 0 aliphatic rings. The summed E-state index contributed by atoms with van der Waals surface area (Å²) in [7, 11) is 0. The van der Waals surface area contributed by atoms with Crippen LogP contribution in [0.25, 0.3) is 5.69 Å². The van der Waals surface area contributed by atoms with E-state index in [4.69, 9.17) is 5.73 Å². The fourth-order valence-electron chi connectivity index (χ4n) is 1.02. The summed E-state index contributed by atoms with van der Waals surface area (Å²) in [6.45, 7) is 0.445. The lowest BCUT2D eigenvalue weighted by atomic mass is 10.4. The molecule has 0 aromatic carbocycles. The molecular formula is C8H9N5. The minimum atomic E-state index is 0.445. The Morgan fingerprint density at radius 3 is 2.69 bits per heavy atom. The van der Waals surface area contributed by atoms with E-state index in [-0.39, 0.29) is 0 Å². The summed E-state index contributed by atoms with van der Waals surface area (Å²) < 4.78 is 1.70. The second-order valence-electron chi connectivity index (χ2n) is 2.55. The van der Waals surface area contributed by atoms with E-state index >= 15 is 0 Å². The van der Waals surface area contributed by atoms with Crippen molar-refractivity contribution in [3.63, 3.8) is 0 Å². The van der Waals surface area contributed by atoms with Crippen LogP contribution in [0.15, 0.2) is 31.0 Å². The van der Waals surface area contributed by atoms with Crippen LogP contribution in [0.4, 0.5) is 0 Å². The molecule has 0 unspecified atom stereocenters. The Morgan fingerprint density at radius 1 is 1.31 bits per heavy atom. The lowest BCUT2D eigenvalue weighted by Gasteiger charge is -1.97. The van der Waals surface area contributed by atoms with Gasteiger partial charge in [0, 0.05) is 12.7 Å². The molecule has 0 saturated carbocycles. The normalized spacial score (nSPS) is 10.2. The smallest absolute Gasteiger partial charge is 0.115 e. The van der Waals surface area contributed by atoms with Gasteiger partial charge in [-0.1, -0.05) is 0 Å². The average Bonchev–Trinajstić information content (AvgIpc) is 2.67. The summed E-state index contributed by atoms with van der Waals surface area (Å²) in [6.07, 6.45) is 6.71. The monoisotopic (exact) mass is 175 g/mol. The highest BCUT2D eigenvalue weighted by molar-refractivity contribution is 5.23. The van der Waals surface area contributed by atoms with Gasteiger partial charge in [0.25, 0.3) is 0 Å². The minimum absolute atomic E-state index is 0.445. The summed E-state index contributed by atoms with van der Waals surface area (Å²) in [6, 6.07) is 1.87. The first-order valence-electron chi connectivity index (χ1n) is 3.90. The Labute approximate surface area is 75.2 Å². The highest BCUT2D eigenvalue weighted by Crippen LogP contribution is 2.02. The molecule has 0 saturated heterocycles. The van der Waals surface area contributed by atoms with Crippen LogP contribution in [-0.4, -0.2) is 19.7 Å². The van der Waals surface area contributed by atoms with E-state index < -0.39 is 0 Å². The molecule has 2 aromatic rings. The zero-order chi connectivity index (χ0) is 9.10. The number of rotatable bonds is 2. The molecule has 13 heavy (non-hydrogen) atoms. The number of hydrogen-bond acceptors (Lipinski definition) is 4. The molecular weight excluding hydrogens is 166 g/mol. The summed E-state index contributed by atoms with van der Waals surface area (Å²) in [5, 5.41) is 4.21. The van der Waals surface area contributed by atoms with E-state index in [2.05, 4.69) is 15.1 Å². The maximum absolute atomic E-state index is 5.43. The first-order valence-corrected chi connectivity index (χ1v) is 3.90. The van der Waals surface area contributed by atoms with Crippen molar-refractivity contribution >= 4 is 0 Å². The fraction of sp³-hybridized carbons (Fsp3) is 0.125. The van der Waals surface area contributed by atoms with Crippen molar-refractivity contribution < 1.29 is 0 Å². The largest absolute Gasteiger partial charge is 0.325 e. The Balaban J connectivity index is 2.36. The van der Waals surface area contributed by atoms with Crippen molar-refractivity contribution in [2.24, 2.45) is 5.73 Å². The van der Waals surface area contributed by atoms with Crippen molar-refractivity contribution in [1.82, 2.24) is 19.7 Å². The number of nitrogens with zero attached hydrogens (tertiary/aromatic N) is 4. The predicted octanol–water partition coefficient (Wildman–Crippen LogP) is 0.121. The third kappa shape index (κ3) is 1.54. The molecule has 2 N–H and O–H groups in total. The van der Waals surface area contributed by atoms with E-state index in [1.165, 1.54) is 6.33 Å². The van der Waals surface area contributed by atoms with Crippen LogP contribution in [0, 0.1) is 0 Å². The lowest BCUT2D eigenvalue weighted by Crippen LogP contribution is -2.00. The number of hydrogen-bond donors (Lipinski definition) is 1. The maximum atomic E-state index is 5.43. The Morgan fingerprint density at radius 2 is 2.08 bits per heavy atom. The lowest BCUT2D eigenvalue weighted by molar-refractivity contribution is 0.823. The molecule has 0 amide bonds. The standard InChI is InChI=1S/C8H9N5/c9-3-7-1-2-13(12-7)8-4-10-6-11-5-8/h1-2,4-6H,3,9H2. The summed E-state index contributed by atoms with van der Waals surface area (Å²) >= 11 is 0. The molecule has 0 bridgehead atoms. The molecule has 66 valence electrons. The van der Waals surface area contributed by atoms with Crippen LogP contribution in [-0.2, 0) is 6.54 Å². The Bertz CT molecular complexity index is 380. The molecule has 0 radical (unpaired) electrons. The van der Waals surface area contributed by atoms with E-state index in [0.29, 0.717) is 6.54 Å². The van der Waals surface area contributed by atoms with Gasteiger partial charge in [-0.05, 0) is 6.07 Å². The van der Waals surface area contributed by atoms with E-state index in [9.17, 15) is 0 Å². The summed E-state index contributed by atoms with van der Waals surface area (Å²) in [4.78, 5) is 7.79. The van der Waals surface area contributed by atoms with Gasteiger partial charge in [-0.3, -0.25) is 0 Å². The van der Waals surface area contributed by atoms with Gasteiger partial charge in [-0.2, -0.15) is 5.10 Å². The fourth-order valence-corrected chi connectivity index (χ4v) is 1.02. The molecule has 2 rings (SSSR count). The molecule has 0 aliphatic heterocycles. The van der Waals surface area contributed by atoms with Crippen molar-refractivity contribution in [3.8, 4) is 5.69 Å². The zero-order valence-electron chi connectivity index (χ0n) is 6.96. The molecule has 0 atom stereocenters. The molecule has 5 heteroatoms. The van der Waals surface area contributed by atoms with Gasteiger partial charge < -0.3 is 5.73 Å². The van der Waals surface area contributed by atoms with Gasteiger partial charge in [-0.25, -0.2) is 14.6 Å². The van der Waals surface area contributed by atoms with Crippen LogP contribution in [0.2, 0.25) is 0 Å². The second kappa shape index (κ2) is 3.32. The minimum Gasteiger partial charge on any atom is -0.325 e. The maximum Gasteiger partial charge on any atom is 0.115 e. The third-order valence-electron chi connectivity index (χ3n) is 1.66. The van der Waals surface area contributed by atoms with Gasteiger partial charge in [0.15, 0.2) is 0 Å². The summed E-state index contributed by atoms with van der Waals surface area (Å²) in [5.74, 6) is 0. The topological polar surface area (TPSA) is 69.6 Å². The van der Waals surface area contributed by atoms with Crippen molar-refractivity contribution in [1.29, 1.82) is 0 Å². The first kappa shape index (κ1) is 7.88. The van der Waals surface area contributed by atoms with Gasteiger partial charge in [0.2, 0.25) is 0 Å². The SMILES string of the molecule is NCc1ccn(-c2cncnc2)n1. The molecule has 2 aromatic heterocycles. The van der Waals surface area contributed by atoms with Crippen LogP contribution in [0.5, 0.6) is 0 Å². The van der Waals surface area contributed by atoms with Crippen LogP contribution < -0.4 is 5.73 Å². The Hall–Kier alpha value is -1.75. The van der Waals surface area contributed by atoms with Gasteiger partial charge >= 0.3 is 0 Å². The zero-order valence-corrected chi connectivity index (χ0v) is 6.96. The highest BCUT2D eigenvalue weighted by Gasteiger charge is 1.98. The van der Waals surface area contributed by atoms with Gasteiger partial charge in [0.05, 0.1) is 18.1 Å². The average molecular weight is 175 g/mol. The molecule has 0 fully saturated rings. The van der Waals surface area contributed by atoms with E-state index in [0.717, 1.165) is 11.4 Å². The van der Waals surface area contributed by atoms with Gasteiger partial charge in [0.1, 0.15) is 12.0 Å². The Kier molecular flexibility index (Phi) is 2.01. The van der Waals surface area contributed by atoms with Crippen LogP contribution >= 0.6 is 0 Å². The number of aromatic nitrogens is 4. The van der Waals surface area contributed by atoms with Crippen molar-refractivity contribution in [2.75, 3.05) is 0 Å². The van der Waals surface area contributed by atoms with Crippen molar-refractivity contribution in [2.45, 2.75) is 6.54 Å². The van der Waals surface area contributed by atoms with E-state index in [1.54, 1.807) is 17.1 Å². The second-order valence-corrected chi connectivity index (χ2v) is 2.55. The first-order chi connectivity index (χ1) is 6.40. The highest BCUT2D eigenvalue weighted by atomic mass is 15.3. The van der Waals surface area contributed by atoms with Crippen molar-refractivity contribution in [3.05, 3.63) is 36.7 Å². The third-order valence-corrected chi connectivity index (χ3v) is 1.66. The molecule has 2 heterocycles. The summed E-state index contributed by atoms with van der Waals surface area (Å²) in [5.41, 5.74) is 7.12. The van der Waals surface area contributed by atoms with Crippen LogP contribution in [0.3, 0.4) is 0 Å². The molecule has 0 aliphatic carbocycles. The quantitative estimate of drug-likeness (QED) is 0.703.